The normalized spacial score (nSPS) is 10.8. The van der Waals surface area contributed by atoms with Crippen molar-refractivity contribution in [3.63, 3.8) is 0 Å². The van der Waals surface area contributed by atoms with Gasteiger partial charge in [-0.15, -0.1) is 0 Å². The fourth-order valence-electron chi connectivity index (χ4n) is 1.45. The van der Waals surface area contributed by atoms with Crippen LogP contribution in [0.1, 0.15) is 0 Å². The Hall–Kier alpha value is -1.34. The first kappa shape index (κ1) is 15.1. The van der Waals surface area contributed by atoms with Gasteiger partial charge in [0.1, 0.15) is 0 Å². The molecule has 0 atom stereocenters. The predicted octanol–water partition coefficient (Wildman–Crippen LogP) is 4.92. The summed E-state index contributed by atoms with van der Waals surface area (Å²) in [7, 11) is 0. The Morgan fingerprint density at radius 2 is 1.80 bits per heavy atom. The zero-order valence-electron chi connectivity index (χ0n) is 9.95. The minimum atomic E-state index is -3.08. The van der Waals surface area contributed by atoms with Crippen LogP contribution in [0, 0.1) is 5.82 Å². The molecule has 0 unspecified atom stereocenters. The molecule has 2 N–H and O–H groups in total. The van der Waals surface area contributed by atoms with E-state index in [1.54, 1.807) is 0 Å². The van der Waals surface area contributed by atoms with E-state index in [1.165, 1.54) is 17.8 Å². The van der Waals surface area contributed by atoms with Crippen LogP contribution in [-0.2, 0) is 0 Å². The molecule has 0 saturated heterocycles. The van der Waals surface area contributed by atoms with Crippen molar-refractivity contribution in [1.82, 2.24) is 0 Å². The van der Waals surface area contributed by atoms with E-state index in [-0.39, 0.29) is 5.69 Å². The molecule has 2 nitrogen and oxygen atoms in total. The highest BCUT2D eigenvalue weighted by molar-refractivity contribution is 9.10. The van der Waals surface area contributed by atoms with Crippen LogP contribution in [0.5, 0.6) is 5.75 Å². The second-order valence-corrected chi connectivity index (χ2v) is 5.79. The van der Waals surface area contributed by atoms with Gasteiger partial charge in [0.15, 0.2) is 11.6 Å². The molecule has 106 valence electrons. The van der Waals surface area contributed by atoms with Crippen molar-refractivity contribution in [3.05, 3.63) is 46.7 Å². The average molecular weight is 364 g/mol. The van der Waals surface area contributed by atoms with Gasteiger partial charge in [-0.3, -0.25) is 0 Å². The number of alkyl halides is 2. The summed E-state index contributed by atoms with van der Waals surface area (Å²) >= 11 is 4.54. The summed E-state index contributed by atoms with van der Waals surface area (Å²) < 4.78 is 42.8. The molecule has 0 saturated carbocycles. The number of halogens is 4. The van der Waals surface area contributed by atoms with Gasteiger partial charge in [0, 0.05) is 26.0 Å². The van der Waals surface area contributed by atoms with E-state index >= 15 is 0 Å². The first-order chi connectivity index (χ1) is 9.45. The minimum Gasteiger partial charge on any atom is -0.432 e. The van der Waals surface area contributed by atoms with Crippen LogP contribution >= 0.6 is 27.7 Å². The summed E-state index contributed by atoms with van der Waals surface area (Å²) in [6.07, 6.45) is 0. The number of hydrogen-bond donors (Lipinski definition) is 1. The molecule has 0 aliphatic carbocycles. The lowest BCUT2D eigenvalue weighted by Gasteiger charge is -2.10. The van der Waals surface area contributed by atoms with Crippen molar-refractivity contribution < 1.29 is 17.9 Å². The third kappa shape index (κ3) is 3.83. The molecule has 0 aromatic heterocycles. The zero-order valence-corrected chi connectivity index (χ0v) is 12.3. The van der Waals surface area contributed by atoms with Crippen LogP contribution < -0.4 is 10.5 Å². The summed E-state index contributed by atoms with van der Waals surface area (Å²) in [5.41, 5.74) is 5.85. The van der Waals surface area contributed by atoms with Crippen molar-refractivity contribution in [2.24, 2.45) is 0 Å². The molecule has 20 heavy (non-hydrogen) atoms. The number of benzene rings is 2. The van der Waals surface area contributed by atoms with E-state index in [0.29, 0.717) is 4.90 Å². The molecule has 2 aromatic rings. The first-order valence-corrected chi connectivity index (χ1v) is 7.04. The number of nitrogen functional groups attached to an aromatic ring is 1. The highest BCUT2D eigenvalue weighted by atomic mass is 79.9. The predicted molar refractivity (Wildman–Crippen MR) is 75.7 cm³/mol. The van der Waals surface area contributed by atoms with E-state index < -0.39 is 18.2 Å². The van der Waals surface area contributed by atoms with E-state index in [9.17, 15) is 13.2 Å². The second kappa shape index (κ2) is 6.41. The van der Waals surface area contributed by atoms with Gasteiger partial charge >= 0.3 is 6.61 Å². The molecule has 0 fully saturated rings. The number of rotatable bonds is 4. The molecule has 7 heteroatoms. The topological polar surface area (TPSA) is 35.2 Å². The van der Waals surface area contributed by atoms with Crippen LogP contribution in [0.15, 0.2) is 50.7 Å². The molecule has 2 rings (SSSR count). The van der Waals surface area contributed by atoms with Crippen LogP contribution in [-0.4, -0.2) is 6.61 Å². The smallest absolute Gasteiger partial charge is 0.387 e. The van der Waals surface area contributed by atoms with Crippen LogP contribution in [0.4, 0.5) is 18.9 Å². The fourth-order valence-corrected chi connectivity index (χ4v) is 2.59. The summed E-state index contributed by atoms with van der Waals surface area (Å²) in [6.45, 7) is -3.08. The van der Waals surface area contributed by atoms with Gasteiger partial charge in [-0.05, 0) is 30.3 Å². The maximum Gasteiger partial charge on any atom is 0.387 e. The second-order valence-electron chi connectivity index (χ2n) is 3.75. The van der Waals surface area contributed by atoms with E-state index in [1.807, 2.05) is 24.3 Å². The monoisotopic (exact) mass is 363 g/mol. The maximum atomic E-state index is 13.4. The van der Waals surface area contributed by atoms with Gasteiger partial charge in [0.25, 0.3) is 0 Å². The van der Waals surface area contributed by atoms with E-state index in [4.69, 9.17) is 5.73 Å². The molecular weight excluding hydrogens is 355 g/mol. The summed E-state index contributed by atoms with van der Waals surface area (Å²) in [6, 6.07) is 9.45. The Morgan fingerprint density at radius 1 is 1.15 bits per heavy atom. The van der Waals surface area contributed by atoms with E-state index in [2.05, 4.69) is 20.7 Å². The number of ether oxygens (including phenoxy) is 1. The lowest BCUT2D eigenvalue weighted by Crippen LogP contribution is -2.04. The lowest BCUT2D eigenvalue weighted by atomic mass is 10.3. The Balaban J connectivity index is 2.28. The van der Waals surface area contributed by atoms with Gasteiger partial charge in [-0.2, -0.15) is 8.78 Å². The standard InChI is InChI=1S/C13H9BrF3NOS/c14-7-1-3-8(4-2-7)20-12-6-11(19-13(16)17)9(15)5-10(12)18/h1-6,13H,18H2. The largest absolute Gasteiger partial charge is 0.432 e. The molecule has 0 amide bonds. The molecule has 0 aliphatic heterocycles. The van der Waals surface area contributed by atoms with Gasteiger partial charge < -0.3 is 10.5 Å². The minimum absolute atomic E-state index is 0.164. The molecule has 0 heterocycles. The van der Waals surface area contributed by atoms with Crippen molar-refractivity contribution in [3.8, 4) is 5.75 Å². The Bertz CT molecular complexity index is 607. The van der Waals surface area contributed by atoms with Crippen LogP contribution in [0.2, 0.25) is 0 Å². The molecule has 0 radical (unpaired) electrons. The molecule has 2 aromatic carbocycles. The van der Waals surface area contributed by atoms with Gasteiger partial charge in [-0.1, -0.05) is 27.7 Å². The number of hydrogen-bond acceptors (Lipinski definition) is 3. The molecule has 0 aliphatic rings. The highest BCUT2D eigenvalue weighted by Crippen LogP contribution is 2.36. The Labute approximate surface area is 126 Å². The summed E-state index contributed by atoms with van der Waals surface area (Å²) in [5, 5.41) is 0. The maximum absolute atomic E-state index is 13.4. The first-order valence-electron chi connectivity index (χ1n) is 5.43. The van der Waals surface area contributed by atoms with Crippen molar-refractivity contribution in [2.75, 3.05) is 5.73 Å². The Morgan fingerprint density at radius 3 is 2.40 bits per heavy atom. The average Bonchev–Trinajstić information content (AvgIpc) is 2.37. The number of anilines is 1. The third-order valence-electron chi connectivity index (χ3n) is 2.32. The highest BCUT2D eigenvalue weighted by Gasteiger charge is 2.14. The van der Waals surface area contributed by atoms with Crippen LogP contribution in [0.25, 0.3) is 0 Å². The summed E-state index contributed by atoms with van der Waals surface area (Å²) in [4.78, 5) is 1.29. The van der Waals surface area contributed by atoms with Crippen molar-refractivity contribution >= 4 is 33.4 Å². The van der Waals surface area contributed by atoms with Crippen molar-refractivity contribution in [1.29, 1.82) is 0 Å². The van der Waals surface area contributed by atoms with Gasteiger partial charge in [0.2, 0.25) is 0 Å². The van der Waals surface area contributed by atoms with Gasteiger partial charge in [-0.25, -0.2) is 4.39 Å². The molecule has 0 spiro atoms. The fraction of sp³-hybridized carbons (Fsp3) is 0.0769. The summed E-state index contributed by atoms with van der Waals surface area (Å²) in [5.74, 6) is -1.43. The van der Waals surface area contributed by atoms with Crippen molar-refractivity contribution in [2.45, 2.75) is 16.4 Å². The molecular formula is C13H9BrF3NOS. The third-order valence-corrected chi connectivity index (χ3v) is 3.93. The van der Waals surface area contributed by atoms with Gasteiger partial charge in [0.05, 0.1) is 0 Å². The molecule has 0 bridgehead atoms. The quantitative estimate of drug-likeness (QED) is 0.782. The SMILES string of the molecule is Nc1cc(F)c(OC(F)F)cc1Sc1ccc(Br)cc1. The number of nitrogens with two attached hydrogens (primary N) is 1. The van der Waals surface area contributed by atoms with E-state index in [0.717, 1.165) is 15.4 Å². The Kier molecular flexibility index (Phi) is 4.82. The zero-order chi connectivity index (χ0) is 14.7. The lowest BCUT2D eigenvalue weighted by molar-refractivity contribution is -0.0523. The van der Waals surface area contributed by atoms with Crippen LogP contribution in [0.3, 0.4) is 0 Å².